The number of nitrogens with one attached hydrogen (secondary N) is 1. The van der Waals surface area contributed by atoms with Crippen LogP contribution >= 0.6 is 23.7 Å². The highest BCUT2D eigenvalue weighted by Gasteiger charge is 2.08. The van der Waals surface area contributed by atoms with Gasteiger partial charge in [-0.3, -0.25) is 0 Å². The van der Waals surface area contributed by atoms with Crippen LogP contribution in [-0.2, 0) is 0 Å². The average Bonchev–Trinajstić information content (AvgIpc) is 3.09. The Morgan fingerprint density at radius 2 is 2.19 bits per heavy atom. The summed E-state index contributed by atoms with van der Waals surface area (Å²) in [6.07, 6.45) is 3.23. The molecule has 0 radical (unpaired) electrons. The molecule has 0 spiro atoms. The fraction of sp³-hybridized carbons (Fsp3) is 0.0714. The van der Waals surface area contributed by atoms with Gasteiger partial charge in [0.05, 0.1) is 25.3 Å². The third-order valence-corrected chi connectivity index (χ3v) is 3.48. The predicted molar refractivity (Wildman–Crippen MR) is 83.3 cm³/mol. The third kappa shape index (κ3) is 3.34. The van der Waals surface area contributed by atoms with E-state index in [1.165, 1.54) is 24.5 Å². The Bertz CT molecular complexity index is 716. The molecule has 0 bridgehead atoms. The summed E-state index contributed by atoms with van der Waals surface area (Å²) in [6.45, 7) is 0. The first-order chi connectivity index (χ1) is 9.76. The van der Waals surface area contributed by atoms with Crippen LogP contribution in [0.4, 0.5) is 15.2 Å². The number of aromatic nitrogens is 1. The van der Waals surface area contributed by atoms with E-state index in [1.807, 2.05) is 11.4 Å². The fourth-order valence-corrected chi connectivity index (χ4v) is 2.48. The van der Waals surface area contributed by atoms with E-state index in [1.54, 1.807) is 24.7 Å². The van der Waals surface area contributed by atoms with Crippen molar-refractivity contribution in [3.05, 3.63) is 48.0 Å². The number of thiazole rings is 1. The molecule has 7 heteroatoms. The Labute approximate surface area is 131 Å². The first-order valence-corrected chi connectivity index (χ1v) is 6.73. The van der Waals surface area contributed by atoms with Crippen molar-refractivity contribution >= 4 is 34.6 Å². The zero-order valence-electron chi connectivity index (χ0n) is 11.0. The van der Waals surface area contributed by atoms with Gasteiger partial charge < -0.3 is 14.5 Å². The summed E-state index contributed by atoms with van der Waals surface area (Å²) >= 11 is 1.44. The highest BCUT2D eigenvalue weighted by molar-refractivity contribution is 7.14. The van der Waals surface area contributed by atoms with Crippen LogP contribution in [0.1, 0.15) is 0 Å². The number of methoxy groups -OCH3 is 1. The maximum absolute atomic E-state index is 13.6. The van der Waals surface area contributed by atoms with Crippen LogP contribution < -0.4 is 10.1 Å². The van der Waals surface area contributed by atoms with E-state index >= 15 is 0 Å². The molecule has 4 nitrogen and oxygen atoms in total. The molecular weight excluding hydrogens is 315 g/mol. The Hall–Kier alpha value is -2.05. The van der Waals surface area contributed by atoms with Crippen LogP contribution in [0.25, 0.3) is 11.3 Å². The molecular formula is C14H12ClFN2O2S. The van der Waals surface area contributed by atoms with E-state index in [4.69, 9.17) is 9.15 Å². The first-order valence-electron chi connectivity index (χ1n) is 5.85. The lowest BCUT2D eigenvalue weighted by Gasteiger charge is -2.05. The molecule has 110 valence electrons. The lowest BCUT2D eigenvalue weighted by molar-refractivity contribution is 0.386. The second kappa shape index (κ2) is 6.60. The quantitative estimate of drug-likeness (QED) is 0.754. The molecule has 0 aliphatic heterocycles. The van der Waals surface area contributed by atoms with Crippen molar-refractivity contribution in [3.8, 4) is 17.0 Å². The van der Waals surface area contributed by atoms with Gasteiger partial charge in [-0.05, 0) is 18.2 Å². The number of hydrogen-bond donors (Lipinski definition) is 1. The minimum absolute atomic E-state index is 0. The first kappa shape index (κ1) is 15.3. The summed E-state index contributed by atoms with van der Waals surface area (Å²) in [7, 11) is 1.43. The normalized spacial score (nSPS) is 10.0. The summed E-state index contributed by atoms with van der Waals surface area (Å²) in [5, 5.41) is 5.66. The number of halogens is 2. The van der Waals surface area contributed by atoms with E-state index in [9.17, 15) is 4.39 Å². The van der Waals surface area contributed by atoms with Crippen LogP contribution in [0.5, 0.6) is 5.75 Å². The van der Waals surface area contributed by atoms with Crippen LogP contribution in [0.15, 0.2) is 46.6 Å². The summed E-state index contributed by atoms with van der Waals surface area (Å²) in [4.78, 5) is 4.41. The summed E-state index contributed by atoms with van der Waals surface area (Å²) in [5.41, 5.74) is 2.35. The van der Waals surface area contributed by atoms with E-state index < -0.39 is 5.82 Å². The second-order valence-corrected chi connectivity index (χ2v) is 4.88. The van der Waals surface area contributed by atoms with Gasteiger partial charge in [0.1, 0.15) is 0 Å². The summed E-state index contributed by atoms with van der Waals surface area (Å²) in [6, 6.07) is 6.52. The number of rotatable bonds is 4. The number of hydrogen-bond acceptors (Lipinski definition) is 5. The molecule has 0 atom stereocenters. The van der Waals surface area contributed by atoms with Crippen molar-refractivity contribution in [1.82, 2.24) is 4.98 Å². The molecule has 3 rings (SSSR count). The van der Waals surface area contributed by atoms with Gasteiger partial charge in [0, 0.05) is 22.7 Å². The van der Waals surface area contributed by atoms with Gasteiger partial charge in [-0.1, -0.05) is 0 Å². The van der Waals surface area contributed by atoms with Crippen molar-refractivity contribution in [2.45, 2.75) is 0 Å². The molecule has 1 aromatic carbocycles. The van der Waals surface area contributed by atoms with Crippen molar-refractivity contribution in [2.75, 3.05) is 12.4 Å². The average molecular weight is 327 g/mol. The second-order valence-electron chi connectivity index (χ2n) is 4.02. The van der Waals surface area contributed by atoms with E-state index in [0.29, 0.717) is 10.8 Å². The number of benzene rings is 1. The zero-order chi connectivity index (χ0) is 13.9. The third-order valence-electron chi connectivity index (χ3n) is 2.72. The van der Waals surface area contributed by atoms with Crippen LogP contribution in [0.2, 0.25) is 0 Å². The predicted octanol–water partition coefficient (Wildman–Crippen LogP) is 4.72. The van der Waals surface area contributed by atoms with Gasteiger partial charge in [-0.15, -0.1) is 23.7 Å². The fourth-order valence-electron chi connectivity index (χ4n) is 1.74. The van der Waals surface area contributed by atoms with E-state index in [0.717, 1.165) is 11.3 Å². The maximum atomic E-state index is 13.6. The Morgan fingerprint density at radius 3 is 2.86 bits per heavy atom. The topological polar surface area (TPSA) is 47.3 Å². The lowest BCUT2D eigenvalue weighted by atomic mass is 10.3. The summed E-state index contributed by atoms with van der Waals surface area (Å²) < 4.78 is 23.5. The Kier molecular flexibility index (Phi) is 4.82. The molecule has 0 fully saturated rings. The molecule has 0 unspecified atom stereocenters. The lowest BCUT2D eigenvalue weighted by Crippen LogP contribution is -1.93. The molecule has 21 heavy (non-hydrogen) atoms. The molecule has 0 aliphatic carbocycles. The molecule has 3 aromatic rings. The standard InChI is InChI=1S/C14H11FN2O2S.ClH/c1-18-13-3-2-10(6-11(13)15)16-14-17-12(8-20-14)9-4-5-19-7-9;/h2-8H,1H3,(H,16,17);1H. The van der Waals surface area contributed by atoms with Gasteiger partial charge in [-0.2, -0.15) is 0 Å². The van der Waals surface area contributed by atoms with Gasteiger partial charge in [0.25, 0.3) is 0 Å². The van der Waals surface area contributed by atoms with Crippen molar-refractivity contribution in [1.29, 1.82) is 0 Å². The van der Waals surface area contributed by atoms with Crippen molar-refractivity contribution in [2.24, 2.45) is 0 Å². The Balaban J connectivity index is 0.00000161. The summed E-state index contributed by atoms with van der Waals surface area (Å²) in [5.74, 6) is -0.196. The van der Waals surface area contributed by atoms with Crippen LogP contribution in [0.3, 0.4) is 0 Å². The maximum Gasteiger partial charge on any atom is 0.187 e. The number of anilines is 2. The van der Waals surface area contributed by atoms with E-state index in [-0.39, 0.29) is 18.2 Å². The highest BCUT2D eigenvalue weighted by Crippen LogP contribution is 2.28. The zero-order valence-corrected chi connectivity index (χ0v) is 12.6. The minimum Gasteiger partial charge on any atom is -0.494 e. The van der Waals surface area contributed by atoms with Crippen LogP contribution in [0, 0.1) is 5.82 Å². The van der Waals surface area contributed by atoms with Crippen LogP contribution in [-0.4, -0.2) is 12.1 Å². The van der Waals surface area contributed by atoms with Gasteiger partial charge in [0.2, 0.25) is 0 Å². The number of nitrogens with zero attached hydrogens (tertiary/aromatic N) is 1. The van der Waals surface area contributed by atoms with Crippen molar-refractivity contribution < 1.29 is 13.5 Å². The molecule has 0 saturated carbocycles. The molecule has 2 heterocycles. The van der Waals surface area contributed by atoms with Crippen molar-refractivity contribution in [3.63, 3.8) is 0 Å². The van der Waals surface area contributed by atoms with Gasteiger partial charge in [-0.25, -0.2) is 9.37 Å². The molecule has 0 saturated heterocycles. The molecule has 0 amide bonds. The SMILES string of the molecule is COc1ccc(Nc2nc(-c3ccoc3)cs2)cc1F.Cl. The van der Waals surface area contributed by atoms with Gasteiger partial charge in [0.15, 0.2) is 16.7 Å². The van der Waals surface area contributed by atoms with Gasteiger partial charge >= 0.3 is 0 Å². The molecule has 1 N–H and O–H groups in total. The molecule has 2 aromatic heterocycles. The number of ether oxygens (including phenoxy) is 1. The highest BCUT2D eigenvalue weighted by atomic mass is 35.5. The van der Waals surface area contributed by atoms with E-state index in [2.05, 4.69) is 10.3 Å². The monoisotopic (exact) mass is 326 g/mol. The molecule has 0 aliphatic rings. The largest absolute Gasteiger partial charge is 0.494 e. The smallest absolute Gasteiger partial charge is 0.187 e. The number of furan rings is 1. The Morgan fingerprint density at radius 1 is 1.33 bits per heavy atom. The minimum atomic E-state index is -0.413.